The minimum Gasteiger partial charge on any atom is -0.315 e. The van der Waals surface area contributed by atoms with E-state index in [9.17, 15) is 10.1 Å². The molecule has 0 unspecified atom stereocenters. The van der Waals surface area contributed by atoms with Gasteiger partial charge in [-0.15, -0.1) is 22.9 Å². The van der Waals surface area contributed by atoms with Crippen LogP contribution in [0.1, 0.15) is 28.5 Å². The van der Waals surface area contributed by atoms with E-state index in [1.165, 1.54) is 16.9 Å². The van der Waals surface area contributed by atoms with Crippen LogP contribution >= 0.6 is 22.9 Å². The number of benzene rings is 1. The zero-order chi connectivity index (χ0) is 17.1. The molecule has 0 saturated heterocycles. The first kappa shape index (κ1) is 17.0. The van der Waals surface area contributed by atoms with E-state index >= 15 is 0 Å². The van der Waals surface area contributed by atoms with Crippen molar-refractivity contribution in [3.05, 3.63) is 51.9 Å². The molecule has 0 fully saturated rings. The minimum absolute atomic E-state index is 0.270. The van der Waals surface area contributed by atoms with Gasteiger partial charge < -0.3 is 5.32 Å². The summed E-state index contributed by atoms with van der Waals surface area (Å²) in [4.78, 5) is 15.4. The van der Waals surface area contributed by atoms with E-state index < -0.39 is 5.38 Å². The Morgan fingerprint density at radius 3 is 2.88 bits per heavy atom. The lowest BCUT2D eigenvalue weighted by Crippen LogP contribution is -2.29. The lowest BCUT2D eigenvalue weighted by Gasteiger charge is -2.26. The number of halogens is 1. The third-order valence-corrected chi connectivity index (χ3v) is 5.43. The number of fused-ring (bicyclic) bond motifs is 1. The lowest BCUT2D eigenvalue weighted by atomic mass is 10.0. The Bertz CT molecular complexity index is 780. The number of alkyl halides is 1. The molecule has 2 heterocycles. The molecule has 0 bridgehead atoms. The predicted octanol–water partition coefficient (Wildman–Crippen LogP) is 3.74. The second kappa shape index (κ2) is 7.35. The van der Waals surface area contributed by atoms with Crippen LogP contribution in [0, 0.1) is 11.3 Å². The van der Waals surface area contributed by atoms with E-state index in [1.807, 2.05) is 18.2 Å². The fourth-order valence-electron chi connectivity index (χ4n) is 2.85. The summed E-state index contributed by atoms with van der Waals surface area (Å²) in [6.45, 7) is 4.22. The second-order valence-electron chi connectivity index (χ2n) is 5.87. The van der Waals surface area contributed by atoms with Crippen molar-refractivity contribution in [2.45, 2.75) is 31.8 Å². The van der Waals surface area contributed by atoms with Crippen LogP contribution in [-0.4, -0.2) is 22.7 Å². The third-order valence-electron chi connectivity index (χ3n) is 4.09. The number of rotatable bonds is 4. The van der Waals surface area contributed by atoms with E-state index in [1.54, 1.807) is 6.92 Å². The highest BCUT2D eigenvalue weighted by atomic mass is 35.5. The molecule has 0 aliphatic carbocycles. The fourth-order valence-corrected chi connectivity index (χ4v) is 4.15. The van der Waals surface area contributed by atoms with Gasteiger partial charge in [0.1, 0.15) is 16.4 Å². The van der Waals surface area contributed by atoms with Crippen molar-refractivity contribution in [1.29, 1.82) is 5.26 Å². The maximum atomic E-state index is 11.8. The lowest BCUT2D eigenvalue weighted by molar-refractivity contribution is -0.115. The number of hydrogen-bond acceptors (Lipinski definition) is 4. The average Bonchev–Trinajstić information content (AvgIpc) is 2.91. The molecule has 6 heteroatoms. The molecule has 1 N–H and O–H groups in total. The van der Waals surface area contributed by atoms with Crippen molar-refractivity contribution in [3.8, 4) is 6.07 Å². The highest BCUT2D eigenvalue weighted by Gasteiger charge is 2.25. The quantitative estimate of drug-likeness (QED) is 0.846. The first-order valence-electron chi connectivity index (χ1n) is 7.84. The fraction of sp³-hybridized carbons (Fsp3) is 0.333. The highest BCUT2D eigenvalue weighted by Crippen LogP contribution is 2.37. The smallest absolute Gasteiger partial charge is 0.242 e. The summed E-state index contributed by atoms with van der Waals surface area (Å²) in [5.74, 6) is -0.270. The molecule has 2 aromatic rings. The maximum absolute atomic E-state index is 11.8. The first-order valence-corrected chi connectivity index (χ1v) is 9.09. The molecule has 0 spiro atoms. The summed E-state index contributed by atoms with van der Waals surface area (Å²) in [6, 6.07) is 12.6. The summed E-state index contributed by atoms with van der Waals surface area (Å²) in [5.41, 5.74) is 2.95. The van der Waals surface area contributed by atoms with Gasteiger partial charge in [-0.2, -0.15) is 5.26 Å². The Balaban J connectivity index is 1.78. The molecule has 1 aromatic heterocycles. The third kappa shape index (κ3) is 3.62. The number of nitrogens with one attached hydrogen (secondary N) is 1. The number of thiophene rings is 1. The Morgan fingerprint density at radius 2 is 2.21 bits per heavy atom. The molecule has 0 radical (unpaired) electrons. The number of hydrogen-bond donors (Lipinski definition) is 1. The van der Waals surface area contributed by atoms with Gasteiger partial charge >= 0.3 is 0 Å². The van der Waals surface area contributed by atoms with E-state index in [0.29, 0.717) is 10.6 Å². The molecule has 1 amide bonds. The Labute approximate surface area is 150 Å². The molecule has 4 nitrogen and oxygen atoms in total. The van der Waals surface area contributed by atoms with Crippen LogP contribution < -0.4 is 5.32 Å². The molecule has 1 atom stereocenters. The van der Waals surface area contributed by atoms with Crippen molar-refractivity contribution in [3.63, 3.8) is 0 Å². The molecular formula is C18H18ClN3OS. The van der Waals surface area contributed by atoms with Crippen molar-refractivity contribution in [1.82, 2.24) is 4.90 Å². The predicted molar refractivity (Wildman–Crippen MR) is 97.2 cm³/mol. The van der Waals surface area contributed by atoms with Crippen molar-refractivity contribution >= 4 is 33.8 Å². The summed E-state index contributed by atoms with van der Waals surface area (Å²) in [6.07, 6.45) is 0.827. The normalized spacial score (nSPS) is 15.4. The number of carbonyl (C=O) groups is 1. The Kier molecular flexibility index (Phi) is 5.20. The van der Waals surface area contributed by atoms with E-state index in [4.69, 9.17) is 11.6 Å². The van der Waals surface area contributed by atoms with Crippen molar-refractivity contribution < 1.29 is 4.79 Å². The molecule has 3 rings (SSSR count). The summed E-state index contributed by atoms with van der Waals surface area (Å²) < 4.78 is 0. The topological polar surface area (TPSA) is 56.1 Å². The minimum atomic E-state index is -0.620. The van der Waals surface area contributed by atoms with Gasteiger partial charge in [0.05, 0.1) is 5.56 Å². The van der Waals surface area contributed by atoms with Crippen LogP contribution in [0.3, 0.4) is 0 Å². The van der Waals surface area contributed by atoms with E-state index in [0.717, 1.165) is 36.5 Å². The molecule has 1 aliphatic heterocycles. The summed E-state index contributed by atoms with van der Waals surface area (Å²) in [7, 11) is 0. The zero-order valence-electron chi connectivity index (χ0n) is 13.4. The van der Waals surface area contributed by atoms with Crippen LogP contribution in [0.25, 0.3) is 0 Å². The monoisotopic (exact) mass is 359 g/mol. The molecule has 0 saturated carbocycles. The number of nitriles is 1. The van der Waals surface area contributed by atoms with Crippen LogP contribution in [0.15, 0.2) is 30.3 Å². The SMILES string of the molecule is C[C@@H](Cl)C(=O)Nc1sc2c(c1C#N)CCN(Cc1ccccc1)C2. The van der Waals surface area contributed by atoms with Gasteiger partial charge in [0.15, 0.2) is 0 Å². The van der Waals surface area contributed by atoms with Gasteiger partial charge in [0.2, 0.25) is 5.91 Å². The van der Waals surface area contributed by atoms with Gasteiger partial charge in [0, 0.05) is 24.5 Å². The van der Waals surface area contributed by atoms with Crippen LogP contribution in [0.4, 0.5) is 5.00 Å². The standard InChI is InChI=1S/C18H18ClN3OS/c1-12(19)17(23)21-18-15(9-20)14-7-8-22(11-16(14)24-18)10-13-5-3-2-4-6-13/h2-6,12H,7-8,10-11H2,1H3,(H,21,23)/t12-/m1/s1. The van der Waals surface area contributed by atoms with Gasteiger partial charge in [-0.05, 0) is 24.5 Å². The van der Waals surface area contributed by atoms with E-state index in [2.05, 4.69) is 28.4 Å². The molecule has 1 aromatic carbocycles. The number of nitrogens with zero attached hydrogens (tertiary/aromatic N) is 2. The number of carbonyl (C=O) groups excluding carboxylic acids is 1. The molecule has 124 valence electrons. The number of amides is 1. The largest absolute Gasteiger partial charge is 0.315 e. The Morgan fingerprint density at radius 1 is 1.46 bits per heavy atom. The van der Waals surface area contributed by atoms with Gasteiger partial charge in [0.25, 0.3) is 0 Å². The first-order chi connectivity index (χ1) is 11.6. The molecular weight excluding hydrogens is 342 g/mol. The Hall–Kier alpha value is -1.87. The highest BCUT2D eigenvalue weighted by molar-refractivity contribution is 7.16. The second-order valence-corrected chi connectivity index (χ2v) is 7.63. The summed E-state index contributed by atoms with van der Waals surface area (Å²) in [5, 5.41) is 12.3. The van der Waals surface area contributed by atoms with Gasteiger partial charge in [-0.25, -0.2) is 0 Å². The van der Waals surface area contributed by atoms with Crippen LogP contribution in [0.2, 0.25) is 0 Å². The van der Waals surface area contributed by atoms with Gasteiger partial charge in [-0.3, -0.25) is 9.69 Å². The molecule has 24 heavy (non-hydrogen) atoms. The van der Waals surface area contributed by atoms with Crippen molar-refractivity contribution in [2.75, 3.05) is 11.9 Å². The van der Waals surface area contributed by atoms with Crippen LogP contribution in [0.5, 0.6) is 0 Å². The number of anilines is 1. The van der Waals surface area contributed by atoms with Crippen molar-refractivity contribution in [2.24, 2.45) is 0 Å². The van der Waals surface area contributed by atoms with Gasteiger partial charge in [-0.1, -0.05) is 30.3 Å². The average molecular weight is 360 g/mol. The maximum Gasteiger partial charge on any atom is 0.242 e. The molecule has 1 aliphatic rings. The zero-order valence-corrected chi connectivity index (χ0v) is 15.0. The summed E-state index contributed by atoms with van der Waals surface area (Å²) >= 11 is 7.31. The van der Waals surface area contributed by atoms with E-state index in [-0.39, 0.29) is 5.91 Å². The van der Waals surface area contributed by atoms with Crippen LogP contribution in [-0.2, 0) is 24.3 Å².